The van der Waals surface area contributed by atoms with E-state index in [1.807, 2.05) is 37.4 Å². The van der Waals surface area contributed by atoms with Crippen LogP contribution in [0.5, 0.6) is 5.75 Å². The minimum absolute atomic E-state index is 0.194. The predicted octanol–water partition coefficient (Wildman–Crippen LogP) is 3.21. The molecule has 2 aromatic carbocycles. The van der Waals surface area contributed by atoms with Crippen molar-refractivity contribution < 1.29 is 9.53 Å². The van der Waals surface area contributed by atoms with E-state index in [4.69, 9.17) is 16.3 Å². The van der Waals surface area contributed by atoms with Crippen LogP contribution in [0.4, 0.5) is 5.69 Å². The van der Waals surface area contributed by atoms with Crippen molar-refractivity contribution in [2.75, 3.05) is 32.1 Å². The van der Waals surface area contributed by atoms with Gasteiger partial charge in [0.05, 0.1) is 12.7 Å². The number of para-hydroxylation sites is 1. The molecule has 0 saturated heterocycles. The van der Waals surface area contributed by atoms with E-state index in [0.717, 1.165) is 5.69 Å². The van der Waals surface area contributed by atoms with Gasteiger partial charge in [-0.3, -0.25) is 4.79 Å². The maximum atomic E-state index is 12.2. The maximum absolute atomic E-state index is 12.2. The fourth-order valence-electron chi connectivity index (χ4n) is 2.10. The maximum Gasteiger partial charge on any atom is 0.255 e. The molecule has 1 amide bonds. The number of hydrogen-bond donors (Lipinski definition) is 1. The molecule has 0 aromatic heterocycles. The molecule has 2 rings (SSSR count). The average Bonchev–Trinajstić information content (AvgIpc) is 2.55. The minimum atomic E-state index is -0.194. The lowest BCUT2D eigenvalue weighted by atomic mass is 10.2. The van der Waals surface area contributed by atoms with Crippen LogP contribution in [0.1, 0.15) is 10.4 Å². The summed E-state index contributed by atoms with van der Waals surface area (Å²) in [6.45, 7) is 1.23. The molecular formula is C17H19ClN2O2. The number of benzene rings is 2. The Kier molecular flexibility index (Phi) is 5.67. The molecule has 0 radical (unpaired) electrons. The number of likely N-dealkylation sites (N-methyl/N-ethyl adjacent to an activating group) is 1. The smallest absolute Gasteiger partial charge is 0.255 e. The lowest BCUT2D eigenvalue weighted by Gasteiger charge is -2.19. The van der Waals surface area contributed by atoms with Gasteiger partial charge < -0.3 is 15.0 Å². The molecule has 5 heteroatoms. The van der Waals surface area contributed by atoms with Gasteiger partial charge in [0.15, 0.2) is 0 Å². The fourth-order valence-corrected chi connectivity index (χ4v) is 2.27. The van der Waals surface area contributed by atoms with Gasteiger partial charge in [0.1, 0.15) is 5.75 Å². The summed E-state index contributed by atoms with van der Waals surface area (Å²) >= 11 is 5.94. The standard InChI is InChI=1S/C17H19ClN2O2/c1-20(14-6-4-3-5-7-14)11-10-19-17(21)15-12-13(18)8-9-16(15)22-2/h3-9,12H,10-11H2,1-2H3,(H,19,21). The zero-order chi connectivity index (χ0) is 15.9. The molecule has 4 nitrogen and oxygen atoms in total. The van der Waals surface area contributed by atoms with Crippen molar-refractivity contribution in [1.82, 2.24) is 5.32 Å². The van der Waals surface area contributed by atoms with Gasteiger partial charge in [0.25, 0.3) is 5.91 Å². The number of anilines is 1. The Morgan fingerprint density at radius 3 is 2.64 bits per heavy atom. The summed E-state index contributed by atoms with van der Waals surface area (Å²) < 4.78 is 5.19. The molecule has 0 spiro atoms. The van der Waals surface area contributed by atoms with Gasteiger partial charge in [-0.15, -0.1) is 0 Å². The number of carbonyl (C=O) groups excluding carboxylic acids is 1. The molecule has 0 heterocycles. The first-order valence-electron chi connectivity index (χ1n) is 6.99. The van der Waals surface area contributed by atoms with Gasteiger partial charge >= 0.3 is 0 Å². The highest BCUT2D eigenvalue weighted by atomic mass is 35.5. The van der Waals surface area contributed by atoms with E-state index >= 15 is 0 Å². The van der Waals surface area contributed by atoms with Crippen LogP contribution in [-0.4, -0.2) is 33.2 Å². The van der Waals surface area contributed by atoms with Crippen LogP contribution in [0, 0.1) is 0 Å². The van der Waals surface area contributed by atoms with Crippen LogP contribution in [-0.2, 0) is 0 Å². The van der Waals surface area contributed by atoms with Crippen molar-refractivity contribution in [2.45, 2.75) is 0 Å². The zero-order valence-electron chi connectivity index (χ0n) is 12.7. The highest BCUT2D eigenvalue weighted by Gasteiger charge is 2.12. The van der Waals surface area contributed by atoms with Crippen molar-refractivity contribution in [2.24, 2.45) is 0 Å². The SMILES string of the molecule is COc1ccc(Cl)cc1C(=O)NCCN(C)c1ccccc1. The third-order valence-electron chi connectivity index (χ3n) is 3.34. The monoisotopic (exact) mass is 318 g/mol. The first kappa shape index (κ1) is 16.2. The fraction of sp³-hybridized carbons (Fsp3) is 0.235. The molecule has 0 saturated carbocycles. The summed E-state index contributed by atoms with van der Waals surface area (Å²) in [5.41, 5.74) is 1.55. The highest BCUT2D eigenvalue weighted by molar-refractivity contribution is 6.31. The molecule has 1 N–H and O–H groups in total. The largest absolute Gasteiger partial charge is 0.496 e. The van der Waals surface area contributed by atoms with E-state index in [1.54, 1.807) is 18.2 Å². The van der Waals surface area contributed by atoms with E-state index in [-0.39, 0.29) is 5.91 Å². The number of amides is 1. The molecule has 0 fully saturated rings. The van der Waals surface area contributed by atoms with Gasteiger partial charge in [-0.05, 0) is 30.3 Å². The van der Waals surface area contributed by atoms with Crippen molar-refractivity contribution in [3.8, 4) is 5.75 Å². The van der Waals surface area contributed by atoms with Crippen molar-refractivity contribution in [3.63, 3.8) is 0 Å². The van der Waals surface area contributed by atoms with E-state index < -0.39 is 0 Å². The van der Waals surface area contributed by atoms with Gasteiger partial charge in [0, 0.05) is 30.8 Å². The Hall–Kier alpha value is -2.20. The Morgan fingerprint density at radius 1 is 1.23 bits per heavy atom. The summed E-state index contributed by atoms with van der Waals surface area (Å²) in [4.78, 5) is 14.3. The van der Waals surface area contributed by atoms with Gasteiger partial charge in [-0.25, -0.2) is 0 Å². The molecule has 0 unspecified atom stereocenters. The Morgan fingerprint density at radius 2 is 1.95 bits per heavy atom. The second kappa shape index (κ2) is 7.71. The van der Waals surface area contributed by atoms with E-state index in [1.165, 1.54) is 7.11 Å². The number of hydrogen-bond acceptors (Lipinski definition) is 3. The van der Waals surface area contributed by atoms with E-state index in [0.29, 0.717) is 29.4 Å². The van der Waals surface area contributed by atoms with Crippen LogP contribution in [0.25, 0.3) is 0 Å². The number of rotatable bonds is 6. The third kappa shape index (κ3) is 4.15. The molecule has 0 aliphatic heterocycles. The molecule has 116 valence electrons. The number of methoxy groups -OCH3 is 1. The summed E-state index contributed by atoms with van der Waals surface area (Å²) in [5.74, 6) is 0.319. The summed E-state index contributed by atoms with van der Waals surface area (Å²) in [7, 11) is 3.52. The first-order valence-corrected chi connectivity index (χ1v) is 7.37. The van der Waals surface area contributed by atoms with Gasteiger partial charge in [0.2, 0.25) is 0 Å². The zero-order valence-corrected chi connectivity index (χ0v) is 13.4. The van der Waals surface area contributed by atoms with Crippen LogP contribution in [0.15, 0.2) is 48.5 Å². The Bertz CT molecular complexity index is 632. The third-order valence-corrected chi connectivity index (χ3v) is 3.57. The summed E-state index contributed by atoms with van der Waals surface area (Å²) in [5, 5.41) is 3.39. The van der Waals surface area contributed by atoms with Crippen molar-refractivity contribution >= 4 is 23.2 Å². The molecule has 0 aliphatic carbocycles. The minimum Gasteiger partial charge on any atom is -0.496 e. The molecule has 0 atom stereocenters. The van der Waals surface area contributed by atoms with Crippen LogP contribution in [0.2, 0.25) is 5.02 Å². The molecular weight excluding hydrogens is 300 g/mol. The number of nitrogens with zero attached hydrogens (tertiary/aromatic N) is 1. The van der Waals surface area contributed by atoms with E-state index in [9.17, 15) is 4.79 Å². The van der Waals surface area contributed by atoms with Crippen molar-refractivity contribution in [1.29, 1.82) is 0 Å². The van der Waals surface area contributed by atoms with Crippen LogP contribution in [0.3, 0.4) is 0 Å². The predicted molar refractivity (Wildman–Crippen MR) is 90.0 cm³/mol. The number of carbonyl (C=O) groups is 1. The molecule has 0 aliphatic rings. The normalized spacial score (nSPS) is 10.1. The summed E-state index contributed by atoms with van der Waals surface area (Å²) in [6.07, 6.45) is 0. The summed E-state index contributed by atoms with van der Waals surface area (Å²) in [6, 6.07) is 15.0. The van der Waals surface area contributed by atoms with Gasteiger partial charge in [-0.1, -0.05) is 29.8 Å². The second-order valence-electron chi connectivity index (χ2n) is 4.86. The quantitative estimate of drug-likeness (QED) is 0.889. The average molecular weight is 319 g/mol. The van der Waals surface area contributed by atoms with Gasteiger partial charge in [-0.2, -0.15) is 0 Å². The number of ether oxygens (including phenoxy) is 1. The van der Waals surface area contributed by atoms with Crippen molar-refractivity contribution in [3.05, 3.63) is 59.1 Å². The van der Waals surface area contributed by atoms with E-state index in [2.05, 4.69) is 10.2 Å². The number of halogens is 1. The molecule has 2 aromatic rings. The van der Waals surface area contributed by atoms with Crippen LogP contribution < -0.4 is 15.0 Å². The molecule has 0 bridgehead atoms. The number of nitrogens with one attached hydrogen (secondary N) is 1. The Balaban J connectivity index is 1.92. The lowest BCUT2D eigenvalue weighted by molar-refractivity contribution is 0.0951. The van der Waals surface area contributed by atoms with Crippen LogP contribution >= 0.6 is 11.6 Å². The Labute approximate surface area is 135 Å². The second-order valence-corrected chi connectivity index (χ2v) is 5.29. The topological polar surface area (TPSA) is 41.6 Å². The molecule has 22 heavy (non-hydrogen) atoms. The highest BCUT2D eigenvalue weighted by Crippen LogP contribution is 2.22. The first-order chi connectivity index (χ1) is 10.6. The lowest BCUT2D eigenvalue weighted by Crippen LogP contribution is -2.33.